The van der Waals surface area contributed by atoms with E-state index in [0.717, 1.165) is 17.4 Å². The van der Waals surface area contributed by atoms with Crippen molar-refractivity contribution in [1.29, 1.82) is 0 Å². The molecule has 0 fully saturated rings. The van der Waals surface area contributed by atoms with Crippen LogP contribution in [-0.2, 0) is 20.8 Å². The Hall–Kier alpha value is -0.770. The van der Waals surface area contributed by atoms with E-state index < -0.39 is 32.8 Å². The number of carboxylic acid groups (broad SMARTS) is 1. The fourth-order valence-corrected chi connectivity index (χ4v) is 5.12. The van der Waals surface area contributed by atoms with Crippen LogP contribution in [0.15, 0.2) is 11.0 Å². The van der Waals surface area contributed by atoms with Crippen molar-refractivity contribution < 1.29 is 22.5 Å². The zero-order chi connectivity index (χ0) is 14.8. The van der Waals surface area contributed by atoms with Crippen LogP contribution < -0.4 is 4.72 Å². The van der Waals surface area contributed by atoms with Gasteiger partial charge in [0.15, 0.2) is 0 Å². The molecule has 6 nitrogen and oxygen atoms in total. The second kappa shape index (κ2) is 6.12. The van der Waals surface area contributed by atoms with Crippen molar-refractivity contribution in [2.75, 3.05) is 12.0 Å². The molecule has 0 radical (unpaired) electrons. The molecular formula is C10H15NO5S3. The van der Waals surface area contributed by atoms with Crippen molar-refractivity contribution >= 4 is 38.1 Å². The van der Waals surface area contributed by atoms with E-state index in [1.54, 1.807) is 13.8 Å². The van der Waals surface area contributed by atoms with Crippen LogP contribution in [0.1, 0.15) is 21.5 Å². The summed E-state index contributed by atoms with van der Waals surface area (Å²) in [6.45, 7) is 3.16. The fourth-order valence-electron chi connectivity index (χ4n) is 1.55. The van der Waals surface area contributed by atoms with E-state index in [1.807, 2.05) is 0 Å². The number of carboxylic acids is 1. The highest BCUT2D eigenvalue weighted by molar-refractivity contribution is 7.89. The van der Waals surface area contributed by atoms with Crippen molar-refractivity contribution in [2.45, 2.75) is 24.8 Å². The van der Waals surface area contributed by atoms with Crippen LogP contribution in [0.2, 0.25) is 0 Å². The van der Waals surface area contributed by atoms with Crippen molar-refractivity contribution in [2.24, 2.45) is 0 Å². The lowest BCUT2D eigenvalue weighted by Crippen LogP contribution is -2.36. The smallest absolute Gasteiger partial charge is 0.345 e. The van der Waals surface area contributed by atoms with Crippen molar-refractivity contribution in [3.8, 4) is 0 Å². The second-order valence-electron chi connectivity index (χ2n) is 4.10. The summed E-state index contributed by atoms with van der Waals surface area (Å²) in [4.78, 5) is 11.2. The van der Waals surface area contributed by atoms with Gasteiger partial charge in [-0.05, 0) is 19.9 Å². The molecule has 19 heavy (non-hydrogen) atoms. The first-order valence-corrected chi connectivity index (χ1v) is 9.32. The summed E-state index contributed by atoms with van der Waals surface area (Å²) in [6.07, 6.45) is 1.49. The normalized spacial score (nSPS) is 15.1. The monoisotopic (exact) mass is 325 g/mol. The van der Waals surface area contributed by atoms with Gasteiger partial charge in [0.25, 0.3) is 0 Å². The summed E-state index contributed by atoms with van der Waals surface area (Å²) in [7, 11) is -4.90. The van der Waals surface area contributed by atoms with Crippen molar-refractivity contribution in [1.82, 2.24) is 4.72 Å². The molecule has 0 bridgehead atoms. The predicted molar refractivity (Wildman–Crippen MR) is 74.7 cm³/mol. The predicted octanol–water partition coefficient (Wildman–Crippen LogP) is 0.800. The summed E-state index contributed by atoms with van der Waals surface area (Å²) in [5, 5.41) is 8.84. The van der Waals surface area contributed by atoms with Crippen molar-refractivity contribution in [3.05, 3.63) is 15.8 Å². The topological polar surface area (TPSA) is 101 Å². The Kier molecular flexibility index (Phi) is 5.25. The third kappa shape index (κ3) is 4.37. The zero-order valence-electron chi connectivity index (χ0n) is 10.7. The number of aryl methyl sites for hydroxylation is 1. The van der Waals surface area contributed by atoms with Crippen LogP contribution in [-0.4, -0.2) is 41.8 Å². The molecule has 0 aliphatic heterocycles. The maximum Gasteiger partial charge on any atom is 0.345 e. The van der Waals surface area contributed by atoms with E-state index in [1.165, 1.54) is 6.26 Å². The van der Waals surface area contributed by atoms with Gasteiger partial charge in [0.1, 0.15) is 4.88 Å². The number of aromatic carboxylic acids is 1. The highest BCUT2D eigenvalue weighted by atomic mass is 32.2. The van der Waals surface area contributed by atoms with Crippen LogP contribution in [0.4, 0.5) is 0 Å². The van der Waals surface area contributed by atoms with E-state index in [2.05, 4.69) is 4.72 Å². The first-order chi connectivity index (χ1) is 8.63. The minimum absolute atomic E-state index is 0.0235. The summed E-state index contributed by atoms with van der Waals surface area (Å²) in [6, 6.07) is 0.656. The molecule has 0 saturated heterocycles. The number of nitrogens with one attached hydrogen (secondary N) is 1. The average Bonchev–Trinajstić information content (AvgIpc) is 2.58. The lowest BCUT2D eigenvalue weighted by Gasteiger charge is -2.12. The zero-order valence-corrected chi connectivity index (χ0v) is 13.1. The largest absolute Gasteiger partial charge is 0.477 e. The van der Waals surface area contributed by atoms with Gasteiger partial charge >= 0.3 is 5.97 Å². The Morgan fingerprint density at radius 1 is 1.58 bits per heavy atom. The van der Waals surface area contributed by atoms with Crippen LogP contribution in [0.25, 0.3) is 0 Å². The Labute approximate surface area is 118 Å². The number of hydrogen-bond acceptors (Lipinski definition) is 5. The molecule has 9 heteroatoms. The minimum Gasteiger partial charge on any atom is -0.477 e. The molecule has 2 N–H and O–H groups in total. The Balaban J connectivity index is 3.00. The summed E-state index contributed by atoms with van der Waals surface area (Å²) >= 11 is 0.912. The molecule has 2 atom stereocenters. The van der Waals surface area contributed by atoms with E-state index in [9.17, 15) is 17.4 Å². The van der Waals surface area contributed by atoms with Gasteiger partial charge in [0, 0.05) is 33.7 Å². The fraction of sp³-hybridized carbons (Fsp3) is 0.500. The minimum atomic E-state index is -3.79. The lowest BCUT2D eigenvalue weighted by atomic mass is 10.4. The molecule has 0 aliphatic carbocycles. The summed E-state index contributed by atoms with van der Waals surface area (Å²) in [5.74, 6) is -0.953. The number of hydrogen-bond donors (Lipinski definition) is 2. The standard InChI is InChI=1S/C10H15NO5S3/c1-6(5-18(3)14)11-19(15,16)9-4-8(10(12)13)17-7(9)2/h4,6,11H,5H2,1-3H3,(H,12,13). The third-order valence-electron chi connectivity index (χ3n) is 2.21. The van der Waals surface area contributed by atoms with Gasteiger partial charge in [0.2, 0.25) is 10.0 Å². The molecule has 1 heterocycles. The van der Waals surface area contributed by atoms with Gasteiger partial charge in [-0.15, -0.1) is 11.3 Å². The van der Waals surface area contributed by atoms with Crippen LogP contribution in [0, 0.1) is 6.92 Å². The molecule has 1 aromatic heterocycles. The highest BCUT2D eigenvalue weighted by Crippen LogP contribution is 2.25. The molecule has 108 valence electrons. The molecule has 2 unspecified atom stereocenters. The first kappa shape index (κ1) is 16.3. The Bertz CT molecular complexity index is 605. The maximum atomic E-state index is 12.1. The molecule has 0 aliphatic rings. The molecule has 1 aromatic rings. The number of carbonyl (C=O) groups is 1. The average molecular weight is 325 g/mol. The summed E-state index contributed by atoms with van der Waals surface area (Å²) in [5.41, 5.74) is 0. The first-order valence-electron chi connectivity index (χ1n) is 5.29. The quantitative estimate of drug-likeness (QED) is 0.806. The molecule has 0 spiro atoms. The van der Waals surface area contributed by atoms with Gasteiger partial charge in [-0.3, -0.25) is 4.21 Å². The lowest BCUT2D eigenvalue weighted by molar-refractivity contribution is 0.0702. The highest BCUT2D eigenvalue weighted by Gasteiger charge is 2.24. The van der Waals surface area contributed by atoms with E-state index in [4.69, 9.17) is 5.11 Å². The van der Waals surface area contributed by atoms with E-state index in [-0.39, 0.29) is 15.5 Å². The Morgan fingerprint density at radius 3 is 2.58 bits per heavy atom. The van der Waals surface area contributed by atoms with Crippen LogP contribution in [0.3, 0.4) is 0 Å². The SMILES string of the molecule is Cc1sc(C(=O)O)cc1S(=O)(=O)NC(C)CS(C)=O. The van der Waals surface area contributed by atoms with E-state index in [0.29, 0.717) is 4.88 Å². The van der Waals surface area contributed by atoms with Crippen LogP contribution >= 0.6 is 11.3 Å². The molecule has 0 saturated carbocycles. The third-order valence-corrected chi connectivity index (χ3v) is 6.07. The van der Waals surface area contributed by atoms with Gasteiger partial charge < -0.3 is 5.11 Å². The van der Waals surface area contributed by atoms with Crippen LogP contribution in [0.5, 0.6) is 0 Å². The van der Waals surface area contributed by atoms with Gasteiger partial charge in [-0.25, -0.2) is 17.9 Å². The number of rotatable bonds is 6. The second-order valence-corrected chi connectivity index (χ2v) is 8.52. The maximum absolute atomic E-state index is 12.1. The summed E-state index contributed by atoms with van der Waals surface area (Å²) < 4.78 is 37.6. The molecule has 0 aromatic carbocycles. The van der Waals surface area contributed by atoms with Gasteiger partial charge in [-0.1, -0.05) is 0 Å². The molecule has 0 amide bonds. The van der Waals surface area contributed by atoms with E-state index >= 15 is 0 Å². The number of thiophene rings is 1. The molecule has 1 rings (SSSR count). The van der Waals surface area contributed by atoms with Crippen molar-refractivity contribution in [3.63, 3.8) is 0 Å². The van der Waals surface area contributed by atoms with Gasteiger partial charge in [0.05, 0.1) is 4.90 Å². The Morgan fingerprint density at radius 2 is 2.16 bits per heavy atom. The number of sulfonamides is 1. The van der Waals surface area contributed by atoms with Gasteiger partial charge in [-0.2, -0.15) is 0 Å². The molecular weight excluding hydrogens is 310 g/mol.